The summed E-state index contributed by atoms with van der Waals surface area (Å²) < 4.78 is 29.8. The van der Waals surface area contributed by atoms with Gasteiger partial charge in [0.2, 0.25) is 5.79 Å². The lowest BCUT2D eigenvalue weighted by atomic mass is 9.78. The number of allylic oxidation sites excluding steroid dienone is 3. The summed E-state index contributed by atoms with van der Waals surface area (Å²) in [5.74, 6) is -5.46. The lowest BCUT2D eigenvalue weighted by molar-refractivity contribution is -0.213. The van der Waals surface area contributed by atoms with E-state index in [1.54, 1.807) is 71.8 Å². The number of nitrogens with one attached hydrogen (secondary N) is 1. The van der Waals surface area contributed by atoms with Crippen molar-refractivity contribution in [1.82, 2.24) is 4.90 Å². The number of ether oxygens (including phenoxy) is 5. The lowest BCUT2D eigenvalue weighted by Crippen LogP contribution is -2.46. The number of nitrogens with zero attached hydrogens (tertiary/aromatic N) is 3. The molecule has 6 N–H and O–H groups in total. The predicted octanol–water partition coefficient (Wildman–Crippen LogP) is 5.56. The molecule has 2 aromatic carbocycles. The first-order valence-corrected chi connectivity index (χ1v) is 23.4. The van der Waals surface area contributed by atoms with Crippen molar-refractivity contribution in [3.8, 4) is 17.2 Å². The number of esters is 1. The van der Waals surface area contributed by atoms with Crippen LogP contribution >= 0.6 is 0 Å². The molecule has 6 rings (SSSR count). The van der Waals surface area contributed by atoms with Crippen LogP contribution < -0.4 is 20.8 Å². The van der Waals surface area contributed by atoms with Crippen LogP contribution in [0.1, 0.15) is 105 Å². The van der Waals surface area contributed by atoms with Gasteiger partial charge >= 0.3 is 12.1 Å². The minimum Gasteiger partial charge on any atom is -0.507 e. The highest BCUT2D eigenvalue weighted by molar-refractivity contribution is 6.08. The van der Waals surface area contributed by atoms with Gasteiger partial charge < -0.3 is 59.4 Å². The van der Waals surface area contributed by atoms with Gasteiger partial charge in [-0.1, -0.05) is 71.9 Å². The highest BCUT2D eigenvalue weighted by atomic mass is 16.7. The van der Waals surface area contributed by atoms with E-state index in [1.165, 1.54) is 6.92 Å². The fourth-order valence-electron chi connectivity index (χ4n) is 9.59. The molecule has 0 aromatic heterocycles. The maximum atomic E-state index is 14.0. The van der Waals surface area contributed by atoms with Gasteiger partial charge in [0.25, 0.3) is 5.91 Å². The average Bonchev–Trinajstić information content (AvgIpc) is 3.79. The Balaban J connectivity index is 1.44. The second kappa shape index (κ2) is 20.7. The molecular weight excluding hydrogens is 865 g/mol. The Morgan fingerprint density at radius 1 is 0.955 bits per heavy atom. The van der Waals surface area contributed by atoms with E-state index in [4.69, 9.17) is 33.7 Å². The number of benzene rings is 2. The van der Waals surface area contributed by atoms with Gasteiger partial charge in [-0.05, 0) is 32.6 Å². The van der Waals surface area contributed by atoms with Crippen LogP contribution in [0.5, 0.6) is 17.2 Å². The molecule has 0 saturated carbocycles. The number of fused-ring (bicyclic) bond motifs is 1. The molecule has 4 aliphatic rings. The predicted molar refractivity (Wildman–Crippen MR) is 249 cm³/mol. The van der Waals surface area contributed by atoms with Crippen LogP contribution in [0.3, 0.4) is 0 Å². The summed E-state index contributed by atoms with van der Waals surface area (Å²) in [6.07, 6.45) is 4.97. The first kappa shape index (κ1) is 51.3. The Labute approximate surface area is 392 Å². The highest BCUT2D eigenvalue weighted by Gasteiger charge is 2.49. The van der Waals surface area contributed by atoms with Crippen LogP contribution in [-0.4, -0.2) is 118 Å². The number of carbonyl (C=O) groups excluding carboxylic acids is 3. The number of hydrogen-bond acceptors (Lipinski definition) is 15. The molecule has 0 radical (unpaired) electrons. The van der Waals surface area contributed by atoms with Crippen molar-refractivity contribution >= 4 is 34.4 Å². The van der Waals surface area contributed by atoms with E-state index in [2.05, 4.69) is 5.32 Å². The van der Waals surface area contributed by atoms with Gasteiger partial charge in [-0.25, -0.2) is 4.79 Å². The smallest absolute Gasteiger partial charge is 0.409 e. The van der Waals surface area contributed by atoms with E-state index >= 15 is 0 Å². The molecule has 10 atom stereocenters. The van der Waals surface area contributed by atoms with Crippen molar-refractivity contribution in [2.24, 2.45) is 39.6 Å². The molecule has 0 aliphatic carbocycles. The summed E-state index contributed by atoms with van der Waals surface area (Å²) >= 11 is 0. The summed E-state index contributed by atoms with van der Waals surface area (Å²) in [6.45, 7) is 18.1. The number of rotatable bonds is 4. The van der Waals surface area contributed by atoms with Crippen LogP contribution in [0, 0.1) is 36.5 Å². The number of aliphatic hydroxyl groups excluding tert-OH is 3. The van der Waals surface area contributed by atoms with E-state index in [0.29, 0.717) is 12.8 Å². The van der Waals surface area contributed by atoms with Crippen molar-refractivity contribution in [3.05, 3.63) is 57.8 Å². The average molecular weight is 935 g/mol. The van der Waals surface area contributed by atoms with Crippen molar-refractivity contribution in [3.63, 3.8) is 0 Å². The van der Waals surface area contributed by atoms with Crippen LogP contribution in [0.25, 0.3) is 10.8 Å². The number of phenols is 2. The molecular formula is C50H70N4O13. The summed E-state index contributed by atoms with van der Waals surface area (Å²) in [5.41, 5.74) is -0.568. The topological polar surface area (TPSA) is 238 Å². The second-order valence-electron chi connectivity index (χ2n) is 19.4. The summed E-state index contributed by atoms with van der Waals surface area (Å²) in [6, 6.07) is 0. The van der Waals surface area contributed by atoms with E-state index < -0.39 is 89.4 Å². The molecule has 1 fully saturated rings. The zero-order valence-electron chi connectivity index (χ0n) is 40.7. The molecule has 67 heavy (non-hydrogen) atoms. The third kappa shape index (κ3) is 10.4. The lowest BCUT2D eigenvalue weighted by Gasteiger charge is -2.38. The van der Waals surface area contributed by atoms with E-state index in [-0.39, 0.29) is 100 Å². The van der Waals surface area contributed by atoms with Gasteiger partial charge in [0, 0.05) is 92.6 Å². The number of aromatic hydroxyl groups is 2. The number of amides is 2. The standard InChI is InChI=1S/C50H70N4O13/c1-25(2)24-64-48(62)54-21-19-50(20-22-54)52-37-34-35-42(58)31(8)45-36(34)46(60)49(10,67-45)65-23-14-12-13-18-33(63-11)28(5)44(66-32(9)55)30(7)41(57)29(6)40(56)26(3)16-15-17-27(4)47(61)51-39(43(35)59)38(37)53-50/h13,15-18,25-26,28-30,33,40-41,44,46,56-60H,12,14,19-24H2,1-11H3,(H,51,61)/b16-15-,18-13?,27-17?/t26-,28+,29+,30+,33-,40-,41+,44+,46?,49-/m0/s1. The minimum atomic E-state index is -1.64. The fraction of sp³-hybridized carbons (Fsp3) is 0.620. The first-order valence-electron chi connectivity index (χ1n) is 23.4. The Morgan fingerprint density at radius 3 is 2.27 bits per heavy atom. The minimum absolute atomic E-state index is 0.0711. The summed E-state index contributed by atoms with van der Waals surface area (Å²) in [7, 11) is 1.55. The molecule has 2 amide bonds. The first-order chi connectivity index (χ1) is 31.6. The fourth-order valence-corrected chi connectivity index (χ4v) is 9.59. The van der Waals surface area contributed by atoms with Crippen LogP contribution in [0.15, 0.2) is 45.9 Å². The Hall–Kier alpha value is -5.07. The number of piperidine rings is 1. The second-order valence-corrected chi connectivity index (χ2v) is 19.4. The van der Waals surface area contributed by atoms with Crippen molar-refractivity contribution < 1.29 is 63.6 Å². The molecule has 4 bridgehead atoms. The molecule has 4 heterocycles. The number of likely N-dealkylation sites (tertiary alicyclic amines) is 1. The molecule has 1 unspecified atom stereocenters. The van der Waals surface area contributed by atoms with Gasteiger partial charge in [-0.15, -0.1) is 0 Å². The van der Waals surface area contributed by atoms with Gasteiger partial charge in [0.05, 0.1) is 42.3 Å². The third-order valence-electron chi connectivity index (χ3n) is 13.8. The monoisotopic (exact) mass is 934 g/mol. The number of phenolic OH excluding ortho intramolecular Hbond substituents is 2. The Morgan fingerprint density at radius 2 is 1.63 bits per heavy atom. The zero-order valence-corrected chi connectivity index (χ0v) is 40.7. The molecule has 2 aromatic rings. The number of hydrogen-bond donors (Lipinski definition) is 6. The van der Waals surface area contributed by atoms with Gasteiger partial charge in [-0.3, -0.25) is 19.6 Å². The van der Waals surface area contributed by atoms with E-state index in [1.807, 2.05) is 32.9 Å². The number of aliphatic hydroxyl groups is 3. The van der Waals surface area contributed by atoms with Crippen molar-refractivity contribution in [2.45, 2.75) is 137 Å². The van der Waals surface area contributed by atoms with E-state index in [0.717, 1.165) is 0 Å². The largest absolute Gasteiger partial charge is 0.507 e. The zero-order chi connectivity index (χ0) is 49.3. The third-order valence-corrected chi connectivity index (χ3v) is 13.8. The van der Waals surface area contributed by atoms with Crippen LogP contribution in [0.4, 0.5) is 10.5 Å². The van der Waals surface area contributed by atoms with Crippen LogP contribution in [0.2, 0.25) is 0 Å². The summed E-state index contributed by atoms with van der Waals surface area (Å²) in [5, 5.41) is 62.6. The number of anilines is 1. The molecule has 4 aliphatic heterocycles. The normalized spacial score (nSPS) is 30.9. The molecule has 1 spiro atoms. The Kier molecular flexibility index (Phi) is 15.8. The quantitative estimate of drug-likeness (QED) is 0.125. The number of methoxy groups -OCH3 is 1. The SMILES string of the molecule is CO[C@H]1C=CCCCO[C@@]2(C)Oc3c(C)c(O)c4c(O)c(c5c(c4c3C2O)=NC2(CCN(C(=O)OCC(C)C)CC2)N=5)NC(=O)C(C)=C/C=C\[C@H](C)[C@H](O)[C@@H](C)[C@@H](O)[C@@H](C)[C@H](OC(C)=O)[C@@H]1C. The maximum absolute atomic E-state index is 14.0. The molecule has 17 nitrogen and oxygen atoms in total. The van der Waals surface area contributed by atoms with Gasteiger partial charge in [0.15, 0.2) is 11.4 Å². The van der Waals surface area contributed by atoms with Crippen molar-refractivity contribution in [1.29, 1.82) is 0 Å². The summed E-state index contributed by atoms with van der Waals surface area (Å²) in [4.78, 5) is 51.1. The van der Waals surface area contributed by atoms with Crippen LogP contribution in [-0.2, 0) is 28.5 Å². The maximum Gasteiger partial charge on any atom is 0.409 e. The van der Waals surface area contributed by atoms with E-state index in [9.17, 15) is 39.9 Å². The molecule has 368 valence electrons. The molecule has 17 heteroatoms. The molecule has 1 saturated heterocycles. The Bertz CT molecular complexity index is 2430. The van der Waals surface area contributed by atoms with Gasteiger partial charge in [0.1, 0.15) is 34.8 Å². The highest BCUT2D eigenvalue weighted by Crippen LogP contribution is 2.54. The number of carbonyl (C=O) groups is 3. The van der Waals surface area contributed by atoms with Crippen molar-refractivity contribution in [2.75, 3.05) is 38.7 Å². The van der Waals surface area contributed by atoms with Gasteiger partial charge in [-0.2, -0.15) is 0 Å².